The second-order valence-corrected chi connectivity index (χ2v) is 6.11. The lowest BCUT2D eigenvalue weighted by Gasteiger charge is -2.09. The number of hydrogen-bond donors (Lipinski definition) is 0. The summed E-state index contributed by atoms with van der Waals surface area (Å²) < 4.78 is 10.9. The van der Waals surface area contributed by atoms with Gasteiger partial charge in [-0.15, -0.1) is 0 Å². The molecule has 0 amide bonds. The van der Waals surface area contributed by atoms with Crippen molar-refractivity contribution in [1.82, 2.24) is 0 Å². The summed E-state index contributed by atoms with van der Waals surface area (Å²) in [6.45, 7) is 1.88. The Bertz CT molecular complexity index is 982. The van der Waals surface area contributed by atoms with Crippen LogP contribution >= 0.6 is 0 Å². The van der Waals surface area contributed by atoms with E-state index in [1.54, 1.807) is 18.2 Å². The molecule has 4 rings (SSSR count). The third-order valence-electron chi connectivity index (χ3n) is 4.33. The lowest BCUT2D eigenvalue weighted by molar-refractivity contribution is -0.135. The fourth-order valence-electron chi connectivity index (χ4n) is 2.85. The van der Waals surface area contributed by atoms with Crippen molar-refractivity contribution in [2.45, 2.75) is 19.8 Å². The molecule has 0 spiro atoms. The number of ether oxygens (including phenoxy) is 1. The molecule has 1 fully saturated rings. The molecule has 1 aliphatic carbocycles. The van der Waals surface area contributed by atoms with Crippen LogP contribution < -0.4 is 10.4 Å². The molecule has 1 heterocycles. The second-order valence-electron chi connectivity index (χ2n) is 6.11. The molecule has 1 aromatic heterocycles. The van der Waals surface area contributed by atoms with Gasteiger partial charge in [-0.2, -0.15) is 0 Å². The zero-order chi connectivity index (χ0) is 16.7. The lowest BCUT2D eigenvalue weighted by Crippen LogP contribution is -2.10. The van der Waals surface area contributed by atoms with E-state index in [2.05, 4.69) is 0 Å². The molecule has 0 radical (unpaired) electrons. The lowest BCUT2D eigenvalue weighted by atomic mass is 9.99. The molecule has 0 N–H and O–H groups in total. The van der Waals surface area contributed by atoms with Crippen LogP contribution in [-0.2, 0) is 4.79 Å². The van der Waals surface area contributed by atoms with E-state index in [4.69, 9.17) is 9.15 Å². The van der Waals surface area contributed by atoms with Crippen molar-refractivity contribution in [3.05, 3.63) is 64.5 Å². The molecule has 4 heteroatoms. The van der Waals surface area contributed by atoms with Gasteiger partial charge < -0.3 is 9.15 Å². The summed E-state index contributed by atoms with van der Waals surface area (Å²) in [5, 5.41) is 0.773. The number of esters is 1. The summed E-state index contributed by atoms with van der Waals surface area (Å²) in [5.74, 6) is 0.332. The summed E-state index contributed by atoms with van der Waals surface area (Å²) in [6.07, 6.45) is 1.80. The highest BCUT2D eigenvalue weighted by atomic mass is 16.5. The number of benzene rings is 2. The number of carbonyl (C=O) groups excluding carboxylic acids is 1. The predicted octanol–water partition coefficient (Wildman–Crippen LogP) is 4.08. The van der Waals surface area contributed by atoms with Crippen LogP contribution in [0, 0.1) is 12.8 Å². The van der Waals surface area contributed by atoms with E-state index >= 15 is 0 Å². The molecule has 0 aliphatic heterocycles. The van der Waals surface area contributed by atoms with Crippen LogP contribution in [-0.4, -0.2) is 5.97 Å². The fraction of sp³-hybridized carbons (Fsp3) is 0.200. The van der Waals surface area contributed by atoms with E-state index < -0.39 is 0 Å². The molecule has 0 atom stereocenters. The first-order valence-corrected chi connectivity index (χ1v) is 7.98. The van der Waals surface area contributed by atoms with Crippen LogP contribution in [0.5, 0.6) is 5.75 Å². The van der Waals surface area contributed by atoms with E-state index in [-0.39, 0.29) is 17.5 Å². The van der Waals surface area contributed by atoms with Gasteiger partial charge in [0.15, 0.2) is 0 Å². The van der Waals surface area contributed by atoms with Crippen molar-refractivity contribution in [3.63, 3.8) is 0 Å². The fourth-order valence-corrected chi connectivity index (χ4v) is 2.85. The molecule has 1 saturated carbocycles. The molecule has 0 saturated heterocycles. The van der Waals surface area contributed by atoms with Crippen molar-refractivity contribution < 1.29 is 13.9 Å². The van der Waals surface area contributed by atoms with E-state index in [1.807, 2.05) is 37.3 Å². The average Bonchev–Trinajstić information content (AvgIpc) is 3.41. The van der Waals surface area contributed by atoms with Crippen LogP contribution in [0.1, 0.15) is 18.4 Å². The third kappa shape index (κ3) is 2.60. The third-order valence-corrected chi connectivity index (χ3v) is 4.33. The number of carbonyl (C=O) groups is 1. The molecule has 24 heavy (non-hydrogen) atoms. The van der Waals surface area contributed by atoms with Gasteiger partial charge in [0, 0.05) is 5.39 Å². The van der Waals surface area contributed by atoms with Gasteiger partial charge in [-0.25, -0.2) is 4.79 Å². The van der Waals surface area contributed by atoms with Gasteiger partial charge in [0.25, 0.3) is 0 Å². The zero-order valence-corrected chi connectivity index (χ0v) is 13.2. The molecular weight excluding hydrogens is 304 g/mol. The Balaban J connectivity index is 1.83. The summed E-state index contributed by atoms with van der Waals surface area (Å²) in [6, 6.07) is 14.5. The predicted molar refractivity (Wildman–Crippen MR) is 91.0 cm³/mol. The van der Waals surface area contributed by atoms with Crippen molar-refractivity contribution in [1.29, 1.82) is 0 Å². The molecule has 0 unspecified atom stereocenters. The van der Waals surface area contributed by atoms with Gasteiger partial charge in [0.05, 0.1) is 11.5 Å². The first kappa shape index (κ1) is 14.7. The van der Waals surface area contributed by atoms with Gasteiger partial charge in [-0.3, -0.25) is 4.79 Å². The monoisotopic (exact) mass is 320 g/mol. The minimum Gasteiger partial charge on any atom is -0.426 e. The highest BCUT2D eigenvalue weighted by Gasteiger charge is 2.31. The Morgan fingerprint density at radius 2 is 1.88 bits per heavy atom. The van der Waals surface area contributed by atoms with Crippen LogP contribution in [0.3, 0.4) is 0 Å². The maximum absolute atomic E-state index is 12.4. The Morgan fingerprint density at radius 3 is 2.58 bits per heavy atom. The minimum absolute atomic E-state index is 0.0374. The van der Waals surface area contributed by atoms with E-state index in [1.165, 1.54) is 0 Å². The molecule has 4 nitrogen and oxygen atoms in total. The standard InChI is InChI=1S/C20H16O4/c1-12-16-11-15(23-19(21)14-7-8-14)9-10-17(16)24-20(22)18(12)13-5-3-2-4-6-13/h2-6,9-11,14H,7-8H2,1H3. The minimum atomic E-state index is -0.367. The smallest absolute Gasteiger partial charge is 0.344 e. The number of rotatable bonds is 3. The molecule has 1 aliphatic rings. The van der Waals surface area contributed by atoms with Crippen molar-refractivity contribution in [2.75, 3.05) is 0 Å². The topological polar surface area (TPSA) is 56.5 Å². The first-order chi connectivity index (χ1) is 11.6. The Hall–Kier alpha value is -2.88. The largest absolute Gasteiger partial charge is 0.426 e. The molecule has 2 aromatic carbocycles. The molecule has 3 aromatic rings. The summed E-state index contributed by atoms with van der Waals surface area (Å²) in [7, 11) is 0. The normalized spacial score (nSPS) is 13.9. The number of hydrogen-bond acceptors (Lipinski definition) is 4. The summed E-state index contributed by atoms with van der Waals surface area (Å²) in [4.78, 5) is 24.2. The maximum Gasteiger partial charge on any atom is 0.344 e. The number of fused-ring (bicyclic) bond motifs is 1. The van der Waals surface area contributed by atoms with Crippen LogP contribution in [0.2, 0.25) is 0 Å². The van der Waals surface area contributed by atoms with Crippen molar-refractivity contribution in [3.8, 4) is 16.9 Å². The zero-order valence-electron chi connectivity index (χ0n) is 13.2. The van der Waals surface area contributed by atoms with Crippen molar-refractivity contribution >= 4 is 16.9 Å². The van der Waals surface area contributed by atoms with Gasteiger partial charge in [-0.1, -0.05) is 30.3 Å². The van der Waals surface area contributed by atoms with E-state index in [0.717, 1.165) is 29.4 Å². The Labute approximate surface area is 138 Å². The summed E-state index contributed by atoms with van der Waals surface area (Å²) >= 11 is 0. The van der Waals surface area contributed by atoms with Gasteiger partial charge in [0.2, 0.25) is 0 Å². The maximum atomic E-state index is 12.4. The SMILES string of the molecule is Cc1c(-c2ccccc2)c(=O)oc2ccc(OC(=O)C3CC3)cc12. The van der Waals surface area contributed by atoms with Crippen molar-refractivity contribution in [2.24, 2.45) is 5.92 Å². The van der Waals surface area contributed by atoms with Crippen LogP contribution in [0.4, 0.5) is 0 Å². The molecular formula is C20H16O4. The second kappa shape index (κ2) is 5.64. The van der Waals surface area contributed by atoms with E-state index in [9.17, 15) is 9.59 Å². The quantitative estimate of drug-likeness (QED) is 0.414. The van der Waals surface area contributed by atoms with Crippen LogP contribution in [0.25, 0.3) is 22.1 Å². The highest BCUT2D eigenvalue weighted by molar-refractivity contribution is 5.88. The van der Waals surface area contributed by atoms with Gasteiger partial charge in [-0.05, 0) is 49.1 Å². The summed E-state index contributed by atoms with van der Waals surface area (Å²) in [5.41, 5.74) is 2.29. The average molecular weight is 320 g/mol. The first-order valence-electron chi connectivity index (χ1n) is 7.98. The van der Waals surface area contributed by atoms with Gasteiger partial charge >= 0.3 is 11.6 Å². The van der Waals surface area contributed by atoms with Gasteiger partial charge in [0.1, 0.15) is 11.3 Å². The number of aryl methyl sites for hydroxylation is 1. The Kier molecular flexibility index (Phi) is 3.45. The Morgan fingerprint density at radius 1 is 1.12 bits per heavy atom. The molecule has 120 valence electrons. The highest BCUT2D eigenvalue weighted by Crippen LogP contribution is 2.33. The van der Waals surface area contributed by atoms with Crippen LogP contribution in [0.15, 0.2) is 57.7 Å². The molecule has 0 bridgehead atoms. The van der Waals surface area contributed by atoms with E-state index in [0.29, 0.717) is 16.9 Å².